The van der Waals surface area contributed by atoms with Gasteiger partial charge in [-0.2, -0.15) is 0 Å². The molecule has 0 unspecified atom stereocenters. The van der Waals surface area contributed by atoms with E-state index in [1.165, 1.54) is 23.5 Å². The van der Waals surface area contributed by atoms with Crippen LogP contribution in [-0.4, -0.2) is 46.9 Å². The molecule has 1 atom stereocenters. The van der Waals surface area contributed by atoms with Crippen molar-refractivity contribution in [2.24, 2.45) is 0 Å². The first-order valence-electron chi connectivity index (χ1n) is 13.5. The van der Waals surface area contributed by atoms with Crippen molar-refractivity contribution >= 4 is 45.3 Å². The van der Waals surface area contributed by atoms with Crippen LogP contribution in [0.4, 0.5) is 19.7 Å². The van der Waals surface area contributed by atoms with Gasteiger partial charge in [-0.1, -0.05) is 0 Å². The van der Waals surface area contributed by atoms with E-state index in [9.17, 15) is 18.8 Å². The summed E-state index contributed by atoms with van der Waals surface area (Å²) in [5.74, 6) is -0.696. The van der Waals surface area contributed by atoms with Crippen LogP contribution in [0.25, 0.3) is 20.8 Å². The van der Waals surface area contributed by atoms with Crippen LogP contribution in [0.1, 0.15) is 66.4 Å². The molecule has 0 bridgehead atoms. The Morgan fingerprint density at radius 3 is 2.29 bits per heavy atom. The highest BCUT2D eigenvalue weighted by Gasteiger charge is 2.25. The molecule has 0 aliphatic carbocycles. The predicted octanol–water partition coefficient (Wildman–Crippen LogP) is 6.94. The topological polar surface area (TPSA) is 119 Å². The fourth-order valence-corrected chi connectivity index (χ4v) is 4.86. The number of amides is 3. The minimum Gasteiger partial charge on any atom is -0.444 e. The van der Waals surface area contributed by atoms with E-state index in [2.05, 4.69) is 20.9 Å². The number of carbonyl (C=O) groups is 3. The first-order chi connectivity index (χ1) is 19.1. The third-order valence-electron chi connectivity index (χ3n) is 5.68. The number of unbranched alkanes of at least 4 members (excludes halogenated alkanes) is 1. The lowest BCUT2D eigenvalue weighted by atomic mass is 10.1. The lowest BCUT2D eigenvalue weighted by molar-refractivity contribution is -0.118. The number of fused-ring (bicyclic) bond motifs is 1. The van der Waals surface area contributed by atoms with Gasteiger partial charge in [0.2, 0.25) is 5.91 Å². The van der Waals surface area contributed by atoms with Crippen LogP contribution in [0.5, 0.6) is 0 Å². The quantitative estimate of drug-likeness (QED) is 0.234. The number of hydrogen-bond acceptors (Lipinski definition) is 7. The Kier molecular flexibility index (Phi) is 10.3. The number of anilines is 1. The van der Waals surface area contributed by atoms with E-state index in [0.717, 1.165) is 26.4 Å². The second kappa shape index (κ2) is 13.3. The van der Waals surface area contributed by atoms with Gasteiger partial charge in [0.05, 0.1) is 10.2 Å². The Bertz CT molecular complexity index is 1390. The normalized spacial score (nSPS) is 12.5. The lowest BCUT2D eigenvalue weighted by Crippen LogP contribution is -2.46. The van der Waals surface area contributed by atoms with E-state index < -0.39 is 29.4 Å². The van der Waals surface area contributed by atoms with Gasteiger partial charge in [-0.3, -0.25) is 4.79 Å². The van der Waals surface area contributed by atoms with Crippen molar-refractivity contribution in [2.75, 3.05) is 11.9 Å². The fraction of sp³-hybridized carbons (Fsp3) is 0.467. The van der Waals surface area contributed by atoms with Gasteiger partial charge in [-0.25, -0.2) is 19.0 Å². The summed E-state index contributed by atoms with van der Waals surface area (Å²) in [5.41, 5.74) is 1.66. The smallest absolute Gasteiger partial charge is 0.408 e. The van der Waals surface area contributed by atoms with Crippen molar-refractivity contribution in [3.8, 4) is 10.6 Å². The van der Waals surface area contributed by atoms with Gasteiger partial charge in [0.15, 0.2) is 0 Å². The van der Waals surface area contributed by atoms with Crippen LogP contribution < -0.4 is 16.0 Å². The maximum atomic E-state index is 13.6. The summed E-state index contributed by atoms with van der Waals surface area (Å²) in [6.45, 7) is 12.8. The van der Waals surface area contributed by atoms with Crippen LogP contribution in [0.2, 0.25) is 0 Å². The maximum absolute atomic E-state index is 13.6. The Hall–Kier alpha value is -3.73. The number of thiazole rings is 1. The second-order valence-electron chi connectivity index (χ2n) is 11.8. The van der Waals surface area contributed by atoms with E-state index in [4.69, 9.17) is 9.47 Å². The molecule has 0 radical (unpaired) electrons. The van der Waals surface area contributed by atoms with E-state index in [-0.39, 0.29) is 11.7 Å². The molecule has 0 spiro atoms. The minimum absolute atomic E-state index is 0.309. The number of carbonyl (C=O) groups excluding carboxylic acids is 3. The molecule has 3 rings (SSSR count). The summed E-state index contributed by atoms with van der Waals surface area (Å²) in [6, 6.07) is 9.17. The number of aromatic nitrogens is 1. The number of aryl methyl sites for hydroxylation is 1. The van der Waals surface area contributed by atoms with Gasteiger partial charge in [-0.15, -0.1) is 11.3 Å². The molecule has 41 heavy (non-hydrogen) atoms. The zero-order valence-corrected chi connectivity index (χ0v) is 25.5. The van der Waals surface area contributed by atoms with Crippen molar-refractivity contribution in [3.63, 3.8) is 0 Å². The molecule has 1 aromatic heterocycles. The van der Waals surface area contributed by atoms with E-state index in [1.54, 1.807) is 53.7 Å². The largest absolute Gasteiger partial charge is 0.444 e. The molecule has 0 aliphatic rings. The molecule has 222 valence electrons. The van der Waals surface area contributed by atoms with E-state index >= 15 is 0 Å². The predicted molar refractivity (Wildman–Crippen MR) is 160 cm³/mol. The molecule has 1 heterocycles. The van der Waals surface area contributed by atoms with Crippen molar-refractivity contribution in [1.29, 1.82) is 0 Å². The molecular weight excluding hydrogens is 547 g/mol. The summed E-state index contributed by atoms with van der Waals surface area (Å²) in [4.78, 5) is 42.2. The molecule has 2 aromatic carbocycles. The van der Waals surface area contributed by atoms with Gasteiger partial charge >= 0.3 is 12.2 Å². The number of nitrogens with zero attached hydrogens (tertiary/aromatic N) is 1. The SMILES string of the molecule is Cc1cc(-c2nc3ccc(F)cc3s2)ccc1NC(=O)[C@H](CCCCNC(=O)OC(C)(C)C)NC(=O)OC(C)(C)C. The third-order valence-corrected chi connectivity index (χ3v) is 6.74. The fourth-order valence-electron chi connectivity index (χ4n) is 3.88. The van der Waals surface area contributed by atoms with Crippen molar-refractivity contribution in [3.05, 3.63) is 47.8 Å². The molecule has 9 nitrogen and oxygen atoms in total. The second-order valence-corrected chi connectivity index (χ2v) is 12.8. The van der Waals surface area contributed by atoms with Crippen LogP contribution in [0.3, 0.4) is 0 Å². The number of hydrogen-bond donors (Lipinski definition) is 3. The van der Waals surface area contributed by atoms with E-state index in [0.29, 0.717) is 31.5 Å². The Morgan fingerprint density at radius 1 is 0.951 bits per heavy atom. The molecule has 3 N–H and O–H groups in total. The van der Waals surface area contributed by atoms with Crippen molar-refractivity contribution in [1.82, 2.24) is 15.6 Å². The summed E-state index contributed by atoms with van der Waals surface area (Å²) < 4.78 is 24.9. The monoisotopic (exact) mass is 586 g/mol. The van der Waals surface area contributed by atoms with Gasteiger partial charge in [0.25, 0.3) is 0 Å². The van der Waals surface area contributed by atoms with Gasteiger partial charge in [0, 0.05) is 17.8 Å². The average Bonchev–Trinajstić information content (AvgIpc) is 3.25. The summed E-state index contributed by atoms with van der Waals surface area (Å²) in [7, 11) is 0. The lowest BCUT2D eigenvalue weighted by Gasteiger charge is -2.23. The Morgan fingerprint density at radius 2 is 1.63 bits per heavy atom. The van der Waals surface area contributed by atoms with Crippen LogP contribution >= 0.6 is 11.3 Å². The Balaban J connectivity index is 1.65. The van der Waals surface area contributed by atoms with E-state index in [1.807, 2.05) is 19.1 Å². The highest BCUT2D eigenvalue weighted by molar-refractivity contribution is 7.21. The van der Waals surface area contributed by atoms with Crippen molar-refractivity contribution < 1.29 is 28.2 Å². The highest BCUT2D eigenvalue weighted by atomic mass is 32.1. The number of rotatable bonds is 9. The standard InChI is InChI=1S/C30H39FN4O5S/c1-18-16-19(26-34-22-14-12-20(31)17-24(22)41-26)11-13-21(18)33-25(36)23(35-28(38)40-30(5,6)7)10-8-9-15-32-27(37)39-29(2,3)4/h11-14,16-17,23H,8-10,15H2,1-7H3,(H,32,37)(H,33,36)(H,35,38)/t23-/m0/s1. The first-order valence-corrected chi connectivity index (χ1v) is 14.4. The first kappa shape index (κ1) is 31.8. The molecule has 0 aliphatic heterocycles. The summed E-state index contributed by atoms with van der Waals surface area (Å²) >= 11 is 1.39. The number of nitrogens with one attached hydrogen (secondary N) is 3. The molecule has 3 amide bonds. The van der Waals surface area contributed by atoms with Crippen LogP contribution in [0, 0.1) is 12.7 Å². The molecule has 0 fully saturated rings. The maximum Gasteiger partial charge on any atom is 0.408 e. The molecular formula is C30H39FN4O5S. The van der Waals surface area contributed by atoms with Crippen LogP contribution in [-0.2, 0) is 14.3 Å². The Labute approximate surface area is 244 Å². The number of ether oxygens (including phenoxy) is 2. The summed E-state index contributed by atoms with van der Waals surface area (Å²) in [6.07, 6.45) is 0.276. The number of benzene rings is 2. The average molecular weight is 587 g/mol. The van der Waals surface area contributed by atoms with Gasteiger partial charge in [-0.05, 0) is 110 Å². The van der Waals surface area contributed by atoms with Gasteiger partial charge in [0.1, 0.15) is 28.1 Å². The summed E-state index contributed by atoms with van der Waals surface area (Å²) in [5, 5.41) is 9.03. The van der Waals surface area contributed by atoms with Gasteiger partial charge < -0.3 is 25.4 Å². The molecule has 0 saturated carbocycles. The van der Waals surface area contributed by atoms with Crippen LogP contribution in [0.15, 0.2) is 36.4 Å². The van der Waals surface area contributed by atoms with Crippen molar-refractivity contribution in [2.45, 2.75) is 85.0 Å². The number of alkyl carbamates (subject to hydrolysis) is 2. The molecule has 3 aromatic rings. The molecule has 11 heteroatoms. The zero-order valence-electron chi connectivity index (χ0n) is 24.6. The zero-order chi connectivity index (χ0) is 30.4. The third kappa shape index (κ3) is 10.3. The highest BCUT2D eigenvalue weighted by Crippen LogP contribution is 2.32. The molecule has 0 saturated heterocycles. The minimum atomic E-state index is -0.857. The number of halogens is 1.